The Kier molecular flexibility index (Phi) is 7.08. The highest BCUT2D eigenvalue weighted by atomic mass is 19.1. The third-order valence-electron chi connectivity index (χ3n) is 5.03. The maximum Gasteiger partial charge on any atom is 0.407 e. The van der Waals surface area contributed by atoms with Crippen molar-refractivity contribution in [3.63, 3.8) is 0 Å². The zero-order valence-electron chi connectivity index (χ0n) is 15.4. The topological polar surface area (TPSA) is 47.6 Å². The summed E-state index contributed by atoms with van der Waals surface area (Å²) in [6.07, 6.45) is 3.75. The molecule has 0 heterocycles. The number of carbonyl (C=O) groups excluding carboxylic acids is 1. The molecule has 144 valence electrons. The summed E-state index contributed by atoms with van der Waals surface area (Å²) in [6.45, 7) is 1.46. The number of rotatable bonds is 7. The van der Waals surface area contributed by atoms with Crippen molar-refractivity contribution in [2.45, 2.75) is 32.3 Å². The van der Waals surface area contributed by atoms with Crippen molar-refractivity contribution in [1.82, 2.24) is 5.32 Å². The zero-order valence-corrected chi connectivity index (χ0v) is 15.4. The van der Waals surface area contributed by atoms with E-state index in [1.165, 1.54) is 6.07 Å². The van der Waals surface area contributed by atoms with Crippen LogP contribution in [0.5, 0.6) is 5.75 Å². The van der Waals surface area contributed by atoms with Crippen LogP contribution in [0.1, 0.15) is 31.2 Å². The summed E-state index contributed by atoms with van der Waals surface area (Å²) in [5.74, 6) is 0.900. The second-order valence-electron chi connectivity index (χ2n) is 7.07. The molecule has 27 heavy (non-hydrogen) atoms. The standard InChI is InChI=1S/C22H26FNO3/c23-20-8-4-5-9-21(20)26-15-19-12-10-17(11-13-19)14-24-22(25)27-16-18-6-2-1-3-7-18/h1-9,17,19H,10-16H2,(H,24,25). The minimum Gasteiger partial charge on any atom is -0.490 e. The largest absolute Gasteiger partial charge is 0.490 e. The number of benzene rings is 2. The predicted octanol–water partition coefficient (Wildman–Crippen LogP) is 4.94. The molecule has 1 fully saturated rings. The minimum atomic E-state index is -0.371. The van der Waals surface area contributed by atoms with E-state index in [9.17, 15) is 9.18 Å². The Morgan fingerprint density at radius 3 is 2.37 bits per heavy atom. The van der Waals surface area contributed by atoms with Crippen molar-refractivity contribution in [3.05, 3.63) is 66.0 Å². The fourth-order valence-electron chi connectivity index (χ4n) is 3.37. The second-order valence-corrected chi connectivity index (χ2v) is 7.07. The third-order valence-corrected chi connectivity index (χ3v) is 5.03. The second kappa shape index (κ2) is 9.95. The monoisotopic (exact) mass is 371 g/mol. The molecular formula is C22H26FNO3. The molecule has 1 N–H and O–H groups in total. The first kappa shape index (κ1) is 19.2. The highest BCUT2D eigenvalue weighted by Crippen LogP contribution is 2.29. The van der Waals surface area contributed by atoms with Crippen molar-refractivity contribution in [1.29, 1.82) is 0 Å². The molecule has 1 aliphatic rings. The van der Waals surface area contributed by atoms with Crippen molar-refractivity contribution in [2.75, 3.05) is 13.2 Å². The fraction of sp³-hybridized carbons (Fsp3) is 0.409. The fourth-order valence-corrected chi connectivity index (χ4v) is 3.37. The van der Waals surface area contributed by atoms with Crippen LogP contribution < -0.4 is 10.1 Å². The number of alkyl carbamates (subject to hydrolysis) is 1. The van der Waals surface area contributed by atoms with Gasteiger partial charge in [-0.3, -0.25) is 0 Å². The van der Waals surface area contributed by atoms with Crippen LogP contribution in [0.2, 0.25) is 0 Å². The molecule has 0 atom stereocenters. The molecule has 1 amide bonds. The average Bonchev–Trinajstić information content (AvgIpc) is 2.72. The highest BCUT2D eigenvalue weighted by Gasteiger charge is 2.22. The number of nitrogens with one attached hydrogen (secondary N) is 1. The number of amides is 1. The zero-order chi connectivity index (χ0) is 18.9. The van der Waals surface area contributed by atoms with E-state index in [1.54, 1.807) is 18.2 Å². The van der Waals surface area contributed by atoms with Gasteiger partial charge in [-0.2, -0.15) is 0 Å². The molecule has 5 heteroatoms. The normalized spacial score (nSPS) is 19.3. The number of hydrogen-bond donors (Lipinski definition) is 1. The van der Waals surface area contributed by atoms with Gasteiger partial charge in [-0.05, 0) is 55.2 Å². The first-order valence-corrected chi connectivity index (χ1v) is 9.52. The van der Waals surface area contributed by atoms with Gasteiger partial charge >= 0.3 is 6.09 Å². The molecule has 0 saturated heterocycles. The Hall–Kier alpha value is -2.56. The summed E-state index contributed by atoms with van der Waals surface area (Å²) in [4.78, 5) is 11.8. The third kappa shape index (κ3) is 6.27. The van der Waals surface area contributed by atoms with Crippen LogP contribution in [0, 0.1) is 17.7 Å². The molecule has 0 aliphatic heterocycles. The molecular weight excluding hydrogens is 345 g/mol. The first-order chi connectivity index (χ1) is 13.2. The van der Waals surface area contributed by atoms with Gasteiger partial charge in [0, 0.05) is 6.54 Å². The van der Waals surface area contributed by atoms with Crippen LogP contribution in [-0.4, -0.2) is 19.2 Å². The van der Waals surface area contributed by atoms with Gasteiger partial charge in [0.2, 0.25) is 0 Å². The quantitative estimate of drug-likeness (QED) is 0.750. The van der Waals surface area contributed by atoms with Crippen LogP contribution in [0.25, 0.3) is 0 Å². The molecule has 3 rings (SSSR count). The van der Waals surface area contributed by atoms with Crippen LogP contribution in [0.4, 0.5) is 9.18 Å². The van der Waals surface area contributed by atoms with Gasteiger partial charge in [0.25, 0.3) is 0 Å². The number of para-hydroxylation sites is 1. The Morgan fingerprint density at radius 2 is 1.63 bits per heavy atom. The van der Waals surface area contributed by atoms with Crippen molar-refractivity contribution < 1.29 is 18.7 Å². The summed E-state index contributed by atoms with van der Waals surface area (Å²) in [5, 5.41) is 2.86. The van der Waals surface area contributed by atoms with Crippen molar-refractivity contribution >= 4 is 6.09 Å². The molecule has 4 nitrogen and oxygen atoms in total. The average molecular weight is 371 g/mol. The van der Waals surface area contributed by atoms with Crippen LogP contribution in [0.3, 0.4) is 0 Å². The summed E-state index contributed by atoms with van der Waals surface area (Å²) in [7, 11) is 0. The minimum absolute atomic E-state index is 0.285. The predicted molar refractivity (Wildman–Crippen MR) is 102 cm³/mol. The SMILES string of the molecule is O=C(NCC1CCC(COc2ccccc2F)CC1)OCc1ccccc1. The highest BCUT2D eigenvalue weighted by molar-refractivity contribution is 5.67. The number of halogens is 1. The maximum atomic E-state index is 13.6. The maximum absolute atomic E-state index is 13.6. The van der Waals surface area contributed by atoms with Crippen LogP contribution in [0.15, 0.2) is 54.6 Å². The molecule has 2 aromatic rings. The van der Waals surface area contributed by atoms with Gasteiger partial charge in [0.1, 0.15) is 6.61 Å². The van der Waals surface area contributed by atoms with Crippen LogP contribution in [-0.2, 0) is 11.3 Å². The molecule has 1 aliphatic carbocycles. The van der Waals surface area contributed by atoms with E-state index >= 15 is 0 Å². The lowest BCUT2D eigenvalue weighted by Crippen LogP contribution is -2.32. The van der Waals surface area contributed by atoms with E-state index in [0.29, 0.717) is 30.7 Å². The summed E-state index contributed by atoms with van der Waals surface area (Å²) >= 11 is 0. The number of carbonyl (C=O) groups is 1. The van der Waals surface area contributed by atoms with Crippen molar-refractivity contribution in [2.24, 2.45) is 11.8 Å². The lowest BCUT2D eigenvalue weighted by molar-refractivity contribution is 0.133. The van der Waals surface area contributed by atoms with Gasteiger partial charge in [-0.25, -0.2) is 9.18 Å². The molecule has 0 aromatic heterocycles. The van der Waals surface area contributed by atoms with E-state index < -0.39 is 0 Å². The molecule has 0 unspecified atom stereocenters. The lowest BCUT2D eigenvalue weighted by atomic mass is 9.82. The van der Waals surface area contributed by atoms with Gasteiger partial charge < -0.3 is 14.8 Å². The molecule has 2 aromatic carbocycles. The van der Waals surface area contributed by atoms with E-state index in [1.807, 2.05) is 30.3 Å². The molecule has 0 bridgehead atoms. The van der Waals surface area contributed by atoms with Crippen LogP contribution >= 0.6 is 0 Å². The van der Waals surface area contributed by atoms with E-state index in [4.69, 9.17) is 9.47 Å². The smallest absolute Gasteiger partial charge is 0.407 e. The van der Waals surface area contributed by atoms with Gasteiger partial charge in [-0.1, -0.05) is 42.5 Å². The number of hydrogen-bond acceptors (Lipinski definition) is 3. The van der Waals surface area contributed by atoms with Gasteiger partial charge in [0.15, 0.2) is 11.6 Å². The molecule has 1 saturated carbocycles. The van der Waals surface area contributed by atoms with E-state index in [2.05, 4.69) is 5.32 Å². The van der Waals surface area contributed by atoms with Gasteiger partial charge in [0.05, 0.1) is 6.61 Å². The summed E-state index contributed by atoms with van der Waals surface area (Å²) < 4.78 is 24.4. The summed E-state index contributed by atoms with van der Waals surface area (Å²) in [6, 6.07) is 16.1. The Bertz CT molecular complexity index is 715. The van der Waals surface area contributed by atoms with Crippen molar-refractivity contribution in [3.8, 4) is 5.75 Å². The van der Waals surface area contributed by atoms with E-state index in [0.717, 1.165) is 31.2 Å². The Balaban J connectivity index is 1.30. The number of ether oxygens (including phenoxy) is 2. The Labute approximate surface area is 159 Å². The van der Waals surface area contributed by atoms with Gasteiger partial charge in [-0.15, -0.1) is 0 Å². The van der Waals surface area contributed by atoms with E-state index in [-0.39, 0.29) is 18.5 Å². The Morgan fingerprint density at radius 1 is 0.963 bits per heavy atom. The molecule has 0 spiro atoms. The molecule has 0 radical (unpaired) electrons. The summed E-state index contributed by atoms with van der Waals surface area (Å²) in [5.41, 5.74) is 0.975. The first-order valence-electron chi connectivity index (χ1n) is 9.52. The lowest BCUT2D eigenvalue weighted by Gasteiger charge is -2.28.